The summed E-state index contributed by atoms with van der Waals surface area (Å²) < 4.78 is 0. The van der Waals surface area contributed by atoms with Crippen molar-refractivity contribution in [3.8, 4) is 0 Å². The van der Waals surface area contributed by atoms with Crippen LogP contribution >= 0.6 is 0 Å². The van der Waals surface area contributed by atoms with Crippen molar-refractivity contribution in [1.29, 1.82) is 0 Å². The summed E-state index contributed by atoms with van der Waals surface area (Å²) in [4.78, 5) is 0. The second-order valence-corrected chi connectivity index (χ2v) is 5.98. The Morgan fingerprint density at radius 1 is 1.00 bits per heavy atom. The lowest BCUT2D eigenvalue weighted by Gasteiger charge is -2.24. The Morgan fingerprint density at radius 2 is 1.62 bits per heavy atom. The summed E-state index contributed by atoms with van der Waals surface area (Å²) in [6.45, 7) is 4.31. The molecular formula is C15H30O. The van der Waals surface area contributed by atoms with E-state index in [9.17, 15) is 5.11 Å². The van der Waals surface area contributed by atoms with Crippen LogP contribution in [0.15, 0.2) is 0 Å². The minimum Gasteiger partial charge on any atom is -0.393 e. The van der Waals surface area contributed by atoms with E-state index in [4.69, 9.17) is 0 Å². The molecule has 0 aromatic carbocycles. The fraction of sp³-hybridized carbons (Fsp3) is 1.00. The lowest BCUT2D eigenvalue weighted by Crippen LogP contribution is -2.10. The molecular weight excluding hydrogens is 196 g/mol. The number of unbranched alkanes of at least 4 members (excludes halogenated alkanes) is 1. The van der Waals surface area contributed by atoms with Gasteiger partial charge >= 0.3 is 0 Å². The molecule has 0 bridgehead atoms. The van der Waals surface area contributed by atoms with Crippen molar-refractivity contribution in [3.63, 3.8) is 0 Å². The molecule has 1 aliphatic carbocycles. The van der Waals surface area contributed by atoms with E-state index in [1.165, 1.54) is 57.8 Å². The van der Waals surface area contributed by atoms with Crippen LogP contribution in [0.1, 0.15) is 78.1 Å². The van der Waals surface area contributed by atoms with E-state index in [0.29, 0.717) is 0 Å². The van der Waals surface area contributed by atoms with Crippen LogP contribution in [0.4, 0.5) is 0 Å². The first-order chi connectivity index (χ1) is 7.68. The summed E-state index contributed by atoms with van der Waals surface area (Å²) in [6, 6.07) is 0. The summed E-state index contributed by atoms with van der Waals surface area (Å²) in [5, 5.41) is 9.18. The molecule has 1 N–H and O–H groups in total. The first-order valence-corrected chi connectivity index (χ1v) is 7.36. The zero-order chi connectivity index (χ0) is 11.8. The Morgan fingerprint density at radius 3 is 2.25 bits per heavy atom. The van der Waals surface area contributed by atoms with E-state index in [-0.39, 0.29) is 6.10 Å². The molecule has 0 heterocycles. The van der Waals surface area contributed by atoms with E-state index in [1.807, 2.05) is 6.92 Å². The zero-order valence-electron chi connectivity index (χ0n) is 11.3. The van der Waals surface area contributed by atoms with Crippen molar-refractivity contribution in [2.45, 2.75) is 84.2 Å². The fourth-order valence-corrected chi connectivity index (χ4v) is 3.04. The number of aliphatic hydroxyl groups excluding tert-OH is 1. The summed E-state index contributed by atoms with van der Waals surface area (Å²) in [6.07, 6.45) is 13.6. The SMILES string of the molecule is CC(CCCC[C@H](C)O)CC1CCCCC1. The maximum Gasteiger partial charge on any atom is 0.0512 e. The van der Waals surface area contributed by atoms with Gasteiger partial charge in [0.15, 0.2) is 0 Å². The van der Waals surface area contributed by atoms with Crippen LogP contribution in [-0.4, -0.2) is 11.2 Å². The van der Waals surface area contributed by atoms with E-state index in [1.54, 1.807) is 0 Å². The van der Waals surface area contributed by atoms with Crippen molar-refractivity contribution < 1.29 is 5.11 Å². The normalized spacial score (nSPS) is 21.9. The number of aliphatic hydroxyl groups is 1. The van der Waals surface area contributed by atoms with Gasteiger partial charge in [0, 0.05) is 0 Å². The summed E-state index contributed by atoms with van der Waals surface area (Å²) >= 11 is 0. The highest BCUT2D eigenvalue weighted by Crippen LogP contribution is 2.30. The molecule has 1 heteroatoms. The lowest BCUT2D eigenvalue weighted by atomic mass is 9.82. The van der Waals surface area contributed by atoms with Gasteiger partial charge in [0.2, 0.25) is 0 Å². The van der Waals surface area contributed by atoms with Crippen molar-refractivity contribution in [2.24, 2.45) is 11.8 Å². The van der Waals surface area contributed by atoms with Crippen LogP contribution in [0.2, 0.25) is 0 Å². The molecule has 1 rings (SSSR count). The van der Waals surface area contributed by atoms with Crippen LogP contribution in [-0.2, 0) is 0 Å². The molecule has 1 aliphatic rings. The van der Waals surface area contributed by atoms with Gasteiger partial charge in [0.05, 0.1) is 6.10 Å². The number of rotatable bonds is 7. The molecule has 0 aromatic rings. The van der Waals surface area contributed by atoms with Crippen LogP contribution < -0.4 is 0 Å². The first-order valence-electron chi connectivity index (χ1n) is 7.36. The smallest absolute Gasteiger partial charge is 0.0512 e. The third-order valence-corrected chi connectivity index (χ3v) is 4.03. The minimum atomic E-state index is -0.103. The molecule has 0 radical (unpaired) electrons. The standard InChI is InChI=1S/C15H30O/c1-13(8-6-7-9-14(2)16)12-15-10-4-3-5-11-15/h13-16H,3-12H2,1-2H3/t13?,14-/m0/s1. The van der Waals surface area contributed by atoms with E-state index >= 15 is 0 Å². The van der Waals surface area contributed by atoms with E-state index < -0.39 is 0 Å². The number of hydrogen-bond donors (Lipinski definition) is 1. The van der Waals surface area contributed by atoms with Crippen molar-refractivity contribution in [1.82, 2.24) is 0 Å². The van der Waals surface area contributed by atoms with E-state index in [0.717, 1.165) is 18.3 Å². The minimum absolute atomic E-state index is 0.103. The molecule has 2 atom stereocenters. The summed E-state index contributed by atoms with van der Waals surface area (Å²) in [7, 11) is 0. The molecule has 1 nitrogen and oxygen atoms in total. The van der Waals surface area contributed by atoms with Gasteiger partial charge in [-0.15, -0.1) is 0 Å². The maximum absolute atomic E-state index is 9.18. The molecule has 0 saturated heterocycles. The molecule has 0 aromatic heterocycles. The van der Waals surface area contributed by atoms with Crippen molar-refractivity contribution >= 4 is 0 Å². The Labute approximate surface area is 102 Å². The molecule has 96 valence electrons. The highest BCUT2D eigenvalue weighted by Gasteiger charge is 2.16. The lowest BCUT2D eigenvalue weighted by molar-refractivity contribution is 0.179. The first kappa shape index (κ1) is 14.0. The molecule has 1 unspecified atom stereocenters. The number of hydrogen-bond acceptors (Lipinski definition) is 1. The Kier molecular flexibility index (Phi) is 7.11. The summed E-state index contributed by atoms with van der Waals surface area (Å²) in [5.41, 5.74) is 0. The topological polar surface area (TPSA) is 20.2 Å². The zero-order valence-corrected chi connectivity index (χ0v) is 11.3. The van der Waals surface area contributed by atoms with Gasteiger partial charge in [-0.25, -0.2) is 0 Å². The van der Waals surface area contributed by atoms with Gasteiger partial charge in [-0.3, -0.25) is 0 Å². The highest BCUT2D eigenvalue weighted by atomic mass is 16.3. The maximum atomic E-state index is 9.18. The predicted octanol–water partition coefficient (Wildman–Crippen LogP) is 4.53. The molecule has 1 saturated carbocycles. The van der Waals surface area contributed by atoms with Crippen LogP contribution in [0.25, 0.3) is 0 Å². The largest absolute Gasteiger partial charge is 0.393 e. The van der Waals surface area contributed by atoms with Gasteiger partial charge in [0.1, 0.15) is 0 Å². The van der Waals surface area contributed by atoms with Crippen LogP contribution in [0.3, 0.4) is 0 Å². The van der Waals surface area contributed by atoms with E-state index in [2.05, 4.69) is 6.92 Å². The molecule has 16 heavy (non-hydrogen) atoms. The average molecular weight is 226 g/mol. The Hall–Kier alpha value is -0.0400. The predicted molar refractivity (Wildman–Crippen MR) is 70.5 cm³/mol. The van der Waals surface area contributed by atoms with Crippen molar-refractivity contribution in [2.75, 3.05) is 0 Å². The van der Waals surface area contributed by atoms with Gasteiger partial charge < -0.3 is 5.11 Å². The molecule has 0 amide bonds. The summed E-state index contributed by atoms with van der Waals surface area (Å²) in [5.74, 6) is 1.93. The quantitative estimate of drug-likeness (QED) is 0.632. The third-order valence-electron chi connectivity index (χ3n) is 4.03. The second kappa shape index (κ2) is 8.11. The molecule has 0 spiro atoms. The third kappa shape index (κ3) is 6.52. The van der Waals surface area contributed by atoms with Gasteiger partial charge in [-0.05, 0) is 31.6 Å². The van der Waals surface area contributed by atoms with Gasteiger partial charge in [-0.2, -0.15) is 0 Å². The second-order valence-electron chi connectivity index (χ2n) is 5.98. The fourth-order valence-electron chi connectivity index (χ4n) is 3.04. The Bertz CT molecular complexity index is 159. The monoisotopic (exact) mass is 226 g/mol. The Balaban J connectivity index is 1.99. The highest BCUT2D eigenvalue weighted by molar-refractivity contribution is 4.68. The van der Waals surface area contributed by atoms with Crippen molar-refractivity contribution in [3.05, 3.63) is 0 Å². The van der Waals surface area contributed by atoms with Crippen LogP contribution in [0.5, 0.6) is 0 Å². The van der Waals surface area contributed by atoms with Crippen LogP contribution in [0, 0.1) is 11.8 Å². The molecule has 1 fully saturated rings. The van der Waals surface area contributed by atoms with Gasteiger partial charge in [-0.1, -0.05) is 58.3 Å². The average Bonchev–Trinajstić information content (AvgIpc) is 2.25. The molecule has 0 aliphatic heterocycles. The van der Waals surface area contributed by atoms with Gasteiger partial charge in [0.25, 0.3) is 0 Å².